The van der Waals surface area contributed by atoms with Crippen molar-refractivity contribution >= 4 is 35.1 Å². The lowest BCUT2D eigenvalue weighted by atomic mass is 10.2. The molecule has 1 aromatic carbocycles. The SMILES string of the molecule is Cc1cc(NC(=O)[C@@H](C)SCC(=O)Nc2cc(F)ccc2C)no1. The Labute approximate surface area is 143 Å². The van der Waals surface area contributed by atoms with Crippen LogP contribution in [0.2, 0.25) is 0 Å². The van der Waals surface area contributed by atoms with Gasteiger partial charge in [-0.3, -0.25) is 9.59 Å². The molecule has 0 aliphatic heterocycles. The summed E-state index contributed by atoms with van der Waals surface area (Å²) >= 11 is 1.17. The maximum atomic E-state index is 13.2. The Bertz CT molecular complexity index is 748. The fraction of sp³-hybridized carbons (Fsp3) is 0.312. The maximum Gasteiger partial charge on any atom is 0.238 e. The van der Waals surface area contributed by atoms with Crippen LogP contribution in [0.15, 0.2) is 28.8 Å². The van der Waals surface area contributed by atoms with Crippen molar-refractivity contribution in [2.75, 3.05) is 16.4 Å². The minimum absolute atomic E-state index is 0.0718. The monoisotopic (exact) mass is 351 g/mol. The normalized spacial score (nSPS) is 11.8. The molecule has 2 rings (SSSR count). The smallest absolute Gasteiger partial charge is 0.238 e. The lowest BCUT2D eigenvalue weighted by Gasteiger charge is -2.11. The average Bonchev–Trinajstić information content (AvgIpc) is 2.93. The topological polar surface area (TPSA) is 84.2 Å². The van der Waals surface area contributed by atoms with Crippen LogP contribution in [0.3, 0.4) is 0 Å². The van der Waals surface area contributed by atoms with E-state index in [0.29, 0.717) is 17.3 Å². The molecule has 2 N–H and O–H groups in total. The number of thioether (sulfide) groups is 1. The van der Waals surface area contributed by atoms with Crippen molar-refractivity contribution in [3.63, 3.8) is 0 Å². The molecule has 128 valence electrons. The molecule has 1 heterocycles. The first-order chi connectivity index (χ1) is 11.3. The second kappa shape index (κ2) is 7.96. The van der Waals surface area contributed by atoms with Crippen molar-refractivity contribution in [2.45, 2.75) is 26.0 Å². The Kier molecular flexibility index (Phi) is 5.97. The van der Waals surface area contributed by atoms with Crippen LogP contribution in [0, 0.1) is 19.7 Å². The van der Waals surface area contributed by atoms with E-state index in [-0.39, 0.29) is 17.6 Å². The fourth-order valence-electron chi connectivity index (χ4n) is 1.84. The molecule has 0 radical (unpaired) electrons. The summed E-state index contributed by atoms with van der Waals surface area (Å²) in [5.41, 5.74) is 1.19. The summed E-state index contributed by atoms with van der Waals surface area (Å²) in [5.74, 6) is 0.00987. The van der Waals surface area contributed by atoms with Crippen LogP contribution in [-0.2, 0) is 9.59 Å². The summed E-state index contributed by atoms with van der Waals surface area (Å²) in [6.07, 6.45) is 0. The molecule has 0 unspecified atom stereocenters. The van der Waals surface area contributed by atoms with E-state index in [1.54, 1.807) is 32.9 Å². The number of amides is 2. The van der Waals surface area contributed by atoms with Crippen LogP contribution in [-0.4, -0.2) is 28.0 Å². The van der Waals surface area contributed by atoms with Gasteiger partial charge in [0.25, 0.3) is 0 Å². The molecule has 1 aromatic heterocycles. The van der Waals surface area contributed by atoms with Crippen LogP contribution >= 0.6 is 11.8 Å². The van der Waals surface area contributed by atoms with Crippen LogP contribution in [0.5, 0.6) is 0 Å². The zero-order valence-corrected chi connectivity index (χ0v) is 14.4. The predicted octanol–water partition coefficient (Wildman–Crippen LogP) is 3.13. The first kappa shape index (κ1) is 18.0. The van der Waals surface area contributed by atoms with E-state index in [4.69, 9.17) is 4.52 Å². The molecular weight excluding hydrogens is 333 g/mol. The van der Waals surface area contributed by atoms with Gasteiger partial charge >= 0.3 is 0 Å². The zero-order valence-electron chi connectivity index (χ0n) is 13.6. The molecular formula is C16H18FN3O3S. The number of aryl methyl sites for hydroxylation is 2. The van der Waals surface area contributed by atoms with Crippen molar-refractivity contribution in [2.24, 2.45) is 0 Å². The highest BCUT2D eigenvalue weighted by molar-refractivity contribution is 8.01. The molecule has 0 spiro atoms. The van der Waals surface area contributed by atoms with Crippen molar-refractivity contribution in [3.05, 3.63) is 41.4 Å². The van der Waals surface area contributed by atoms with Gasteiger partial charge in [-0.1, -0.05) is 11.2 Å². The van der Waals surface area contributed by atoms with E-state index in [0.717, 1.165) is 5.56 Å². The minimum atomic E-state index is -0.457. The van der Waals surface area contributed by atoms with Gasteiger partial charge in [0.2, 0.25) is 11.8 Å². The zero-order chi connectivity index (χ0) is 17.7. The van der Waals surface area contributed by atoms with E-state index >= 15 is 0 Å². The third-order valence-corrected chi connectivity index (χ3v) is 4.33. The number of rotatable bonds is 6. The largest absolute Gasteiger partial charge is 0.360 e. The van der Waals surface area contributed by atoms with Gasteiger partial charge in [-0.15, -0.1) is 11.8 Å². The van der Waals surface area contributed by atoms with E-state index in [9.17, 15) is 14.0 Å². The highest BCUT2D eigenvalue weighted by atomic mass is 32.2. The molecule has 6 nitrogen and oxygen atoms in total. The molecule has 1 atom stereocenters. The van der Waals surface area contributed by atoms with E-state index < -0.39 is 11.1 Å². The van der Waals surface area contributed by atoms with Crippen LogP contribution in [0.4, 0.5) is 15.9 Å². The van der Waals surface area contributed by atoms with Gasteiger partial charge in [-0.25, -0.2) is 4.39 Å². The molecule has 24 heavy (non-hydrogen) atoms. The Morgan fingerprint density at radius 1 is 1.29 bits per heavy atom. The second-order valence-corrected chi connectivity index (χ2v) is 6.60. The highest BCUT2D eigenvalue weighted by Crippen LogP contribution is 2.18. The molecule has 0 saturated heterocycles. The molecule has 0 saturated carbocycles. The number of hydrogen-bond donors (Lipinski definition) is 2. The van der Waals surface area contributed by atoms with Gasteiger partial charge in [0, 0.05) is 11.8 Å². The van der Waals surface area contributed by atoms with Gasteiger partial charge in [0.05, 0.1) is 11.0 Å². The predicted molar refractivity (Wildman–Crippen MR) is 91.6 cm³/mol. The van der Waals surface area contributed by atoms with E-state index in [1.165, 1.54) is 23.9 Å². The Morgan fingerprint density at radius 2 is 2.04 bits per heavy atom. The lowest BCUT2D eigenvalue weighted by Crippen LogP contribution is -2.25. The molecule has 0 aliphatic rings. The number of anilines is 2. The lowest BCUT2D eigenvalue weighted by molar-refractivity contribution is -0.115. The number of halogens is 1. The first-order valence-corrected chi connectivity index (χ1v) is 8.32. The van der Waals surface area contributed by atoms with Crippen molar-refractivity contribution in [3.8, 4) is 0 Å². The van der Waals surface area contributed by atoms with Crippen molar-refractivity contribution in [1.29, 1.82) is 0 Å². The minimum Gasteiger partial charge on any atom is -0.360 e. The van der Waals surface area contributed by atoms with Gasteiger partial charge < -0.3 is 15.2 Å². The van der Waals surface area contributed by atoms with Gasteiger partial charge in [-0.05, 0) is 38.5 Å². The number of carbonyl (C=O) groups excluding carboxylic acids is 2. The maximum absolute atomic E-state index is 13.2. The number of nitrogens with one attached hydrogen (secondary N) is 2. The second-order valence-electron chi connectivity index (χ2n) is 5.27. The molecule has 0 aliphatic carbocycles. The van der Waals surface area contributed by atoms with Crippen LogP contribution in [0.25, 0.3) is 0 Å². The highest BCUT2D eigenvalue weighted by Gasteiger charge is 2.17. The number of nitrogens with zero attached hydrogens (tertiary/aromatic N) is 1. The summed E-state index contributed by atoms with van der Waals surface area (Å²) in [7, 11) is 0. The number of benzene rings is 1. The van der Waals surface area contributed by atoms with Gasteiger partial charge in [-0.2, -0.15) is 0 Å². The summed E-state index contributed by atoms with van der Waals surface area (Å²) in [5, 5.41) is 8.47. The first-order valence-electron chi connectivity index (χ1n) is 7.27. The van der Waals surface area contributed by atoms with Crippen molar-refractivity contribution in [1.82, 2.24) is 5.16 Å². The number of carbonyl (C=O) groups is 2. The van der Waals surface area contributed by atoms with Crippen LogP contribution in [0.1, 0.15) is 18.2 Å². The molecule has 8 heteroatoms. The summed E-state index contributed by atoms with van der Waals surface area (Å²) in [6, 6.07) is 5.79. The molecule has 2 amide bonds. The van der Waals surface area contributed by atoms with Crippen molar-refractivity contribution < 1.29 is 18.5 Å². The molecule has 0 fully saturated rings. The Hall–Kier alpha value is -2.35. The van der Waals surface area contributed by atoms with Crippen LogP contribution < -0.4 is 10.6 Å². The fourth-order valence-corrected chi connectivity index (χ4v) is 2.53. The quantitative estimate of drug-likeness (QED) is 0.835. The third-order valence-electron chi connectivity index (χ3n) is 3.19. The summed E-state index contributed by atoms with van der Waals surface area (Å²) in [6.45, 7) is 5.19. The standard InChI is InChI=1S/C16H18FN3O3S/c1-9-4-5-12(17)7-13(9)18-15(21)8-24-11(3)16(22)19-14-6-10(2)23-20-14/h4-7,11H,8H2,1-3H3,(H,18,21)(H,19,20,22)/t11-/m1/s1. The molecule has 2 aromatic rings. The Balaban J connectivity index is 1.82. The van der Waals surface area contributed by atoms with Gasteiger partial charge in [0.15, 0.2) is 5.82 Å². The summed E-state index contributed by atoms with van der Waals surface area (Å²) in [4.78, 5) is 23.9. The van der Waals surface area contributed by atoms with E-state index in [1.807, 2.05) is 0 Å². The average molecular weight is 351 g/mol. The van der Waals surface area contributed by atoms with E-state index in [2.05, 4.69) is 15.8 Å². The third kappa shape index (κ3) is 5.09. The van der Waals surface area contributed by atoms with Gasteiger partial charge in [0.1, 0.15) is 11.6 Å². The number of aromatic nitrogens is 1. The number of hydrogen-bond acceptors (Lipinski definition) is 5. The Morgan fingerprint density at radius 3 is 2.71 bits per heavy atom. The molecule has 0 bridgehead atoms. The summed E-state index contributed by atoms with van der Waals surface area (Å²) < 4.78 is 18.1.